The van der Waals surface area contributed by atoms with E-state index in [1.54, 1.807) is 20.4 Å². The number of nitrogens with zero attached hydrogens (tertiary/aromatic N) is 1. The van der Waals surface area contributed by atoms with Crippen LogP contribution >= 0.6 is 12.2 Å². The van der Waals surface area contributed by atoms with Crippen LogP contribution in [0.15, 0.2) is 23.3 Å². The number of unbranched alkanes of at least 4 members (excludes halogenated alkanes) is 2. The SMILES string of the molecule is CCCCCNC(=S)N/N=C\c1ccc(OC)cc1OC. The van der Waals surface area contributed by atoms with Gasteiger partial charge < -0.3 is 14.8 Å². The summed E-state index contributed by atoms with van der Waals surface area (Å²) in [5, 5.41) is 7.73. The molecular weight excluding hydrogens is 286 g/mol. The number of hydrogen-bond donors (Lipinski definition) is 2. The molecular formula is C15H23N3O2S. The van der Waals surface area contributed by atoms with Crippen molar-refractivity contribution in [1.82, 2.24) is 10.7 Å². The number of thiocarbonyl (C=S) groups is 1. The molecule has 0 saturated heterocycles. The highest BCUT2D eigenvalue weighted by Gasteiger charge is 2.02. The minimum absolute atomic E-state index is 0.523. The maximum absolute atomic E-state index is 5.29. The van der Waals surface area contributed by atoms with Crippen molar-refractivity contribution < 1.29 is 9.47 Å². The molecule has 21 heavy (non-hydrogen) atoms. The zero-order valence-corrected chi connectivity index (χ0v) is 13.6. The minimum Gasteiger partial charge on any atom is -0.497 e. The number of hydrazone groups is 1. The molecule has 0 atom stereocenters. The van der Waals surface area contributed by atoms with Gasteiger partial charge in [-0.1, -0.05) is 19.8 Å². The van der Waals surface area contributed by atoms with Crippen molar-refractivity contribution in [1.29, 1.82) is 0 Å². The van der Waals surface area contributed by atoms with Crippen LogP contribution in [0.1, 0.15) is 31.7 Å². The predicted octanol–water partition coefficient (Wildman–Crippen LogP) is 2.69. The van der Waals surface area contributed by atoms with Crippen LogP contribution in [0.2, 0.25) is 0 Å². The van der Waals surface area contributed by atoms with Crippen molar-refractivity contribution >= 4 is 23.5 Å². The highest BCUT2D eigenvalue weighted by molar-refractivity contribution is 7.80. The Bertz CT molecular complexity index is 478. The number of hydrogen-bond acceptors (Lipinski definition) is 4. The Kier molecular flexibility index (Phi) is 8.19. The first-order valence-corrected chi connectivity index (χ1v) is 7.41. The van der Waals surface area contributed by atoms with Crippen LogP contribution in [-0.4, -0.2) is 32.1 Å². The lowest BCUT2D eigenvalue weighted by atomic mass is 10.2. The quantitative estimate of drug-likeness (QED) is 0.335. The van der Waals surface area contributed by atoms with Gasteiger partial charge in [-0.15, -0.1) is 0 Å². The van der Waals surface area contributed by atoms with E-state index < -0.39 is 0 Å². The standard InChI is InChI=1S/C15H23N3O2S/c1-4-5-6-9-16-15(21)18-17-11-12-7-8-13(19-2)10-14(12)20-3/h7-8,10-11H,4-6,9H2,1-3H3,(H2,16,18,21)/b17-11-. The van der Waals surface area contributed by atoms with Gasteiger partial charge >= 0.3 is 0 Å². The number of ether oxygens (including phenoxy) is 2. The smallest absolute Gasteiger partial charge is 0.186 e. The van der Waals surface area contributed by atoms with E-state index in [1.165, 1.54) is 12.8 Å². The molecule has 0 heterocycles. The third kappa shape index (κ3) is 6.44. The van der Waals surface area contributed by atoms with Gasteiger partial charge in [0.25, 0.3) is 0 Å². The van der Waals surface area contributed by atoms with Gasteiger partial charge in [-0.3, -0.25) is 5.43 Å². The van der Waals surface area contributed by atoms with Gasteiger partial charge in [-0.2, -0.15) is 5.10 Å². The summed E-state index contributed by atoms with van der Waals surface area (Å²) in [5.74, 6) is 1.44. The van der Waals surface area contributed by atoms with Crippen molar-refractivity contribution in [3.8, 4) is 11.5 Å². The summed E-state index contributed by atoms with van der Waals surface area (Å²) in [6.07, 6.45) is 5.16. The molecule has 0 aliphatic heterocycles. The van der Waals surface area contributed by atoms with E-state index in [9.17, 15) is 0 Å². The summed E-state index contributed by atoms with van der Waals surface area (Å²) < 4.78 is 10.4. The fraction of sp³-hybridized carbons (Fsp3) is 0.467. The largest absolute Gasteiger partial charge is 0.497 e. The summed E-state index contributed by atoms with van der Waals surface area (Å²) in [6.45, 7) is 3.03. The van der Waals surface area contributed by atoms with Crippen LogP contribution in [0, 0.1) is 0 Å². The maximum Gasteiger partial charge on any atom is 0.186 e. The van der Waals surface area contributed by atoms with Crippen LogP contribution in [0.5, 0.6) is 11.5 Å². The molecule has 6 heteroatoms. The Labute approximate surface area is 131 Å². The fourth-order valence-electron chi connectivity index (χ4n) is 1.70. The van der Waals surface area contributed by atoms with E-state index in [2.05, 4.69) is 22.8 Å². The minimum atomic E-state index is 0.523. The molecule has 1 aromatic rings. The topological polar surface area (TPSA) is 54.9 Å². The third-order valence-electron chi connectivity index (χ3n) is 2.88. The number of methoxy groups -OCH3 is 2. The van der Waals surface area contributed by atoms with E-state index in [0.717, 1.165) is 24.3 Å². The molecule has 0 amide bonds. The number of nitrogens with one attached hydrogen (secondary N) is 2. The zero-order valence-electron chi connectivity index (χ0n) is 12.8. The Hall–Kier alpha value is -1.82. The van der Waals surface area contributed by atoms with Crippen molar-refractivity contribution in [3.05, 3.63) is 23.8 Å². The van der Waals surface area contributed by atoms with Crippen molar-refractivity contribution in [3.63, 3.8) is 0 Å². The lowest BCUT2D eigenvalue weighted by Crippen LogP contribution is -2.32. The lowest BCUT2D eigenvalue weighted by Gasteiger charge is -2.08. The number of benzene rings is 1. The second-order valence-corrected chi connectivity index (χ2v) is 4.85. The molecule has 0 radical (unpaired) electrons. The van der Waals surface area contributed by atoms with E-state index in [4.69, 9.17) is 21.7 Å². The van der Waals surface area contributed by atoms with E-state index in [0.29, 0.717) is 10.9 Å². The molecule has 2 N–H and O–H groups in total. The molecule has 0 saturated carbocycles. The molecule has 0 aliphatic rings. The van der Waals surface area contributed by atoms with Gasteiger partial charge in [-0.25, -0.2) is 0 Å². The zero-order chi connectivity index (χ0) is 15.5. The molecule has 0 spiro atoms. The Morgan fingerprint density at radius 1 is 1.29 bits per heavy atom. The summed E-state index contributed by atoms with van der Waals surface area (Å²) >= 11 is 5.13. The van der Waals surface area contributed by atoms with Crippen molar-refractivity contribution in [2.45, 2.75) is 26.2 Å². The first-order valence-electron chi connectivity index (χ1n) is 7.00. The molecule has 0 unspecified atom stereocenters. The molecule has 1 aromatic carbocycles. The fourth-order valence-corrected chi connectivity index (χ4v) is 1.86. The first-order chi connectivity index (χ1) is 10.2. The average molecular weight is 309 g/mol. The molecule has 116 valence electrons. The molecule has 0 bridgehead atoms. The second kappa shape index (κ2) is 9.99. The number of rotatable bonds is 8. The average Bonchev–Trinajstić information content (AvgIpc) is 2.51. The lowest BCUT2D eigenvalue weighted by molar-refractivity contribution is 0.394. The molecule has 5 nitrogen and oxygen atoms in total. The molecule has 0 fully saturated rings. The molecule has 0 aliphatic carbocycles. The van der Waals surface area contributed by atoms with Gasteiger partial charge in [-0.05, 0) is 30.8 Å². The summed E-state index contributed by atoms with van der Waals surface area (Å²) in [5.41, 5.74) is 3.64. The van der Waals surface area contributed by atoms with Gasteiger partial charge in [0.2, 0.25) is 0 Å². The molecule has 0 aromatic heterocycles. The Balaban J connectivity index is 2.47. The van der Waals surface area contributed by atoms with E-state index >= 15 is 0 Å². The van der Waals surface area contributed by atoms with E-state index in [1.807, 2.05) is 18.2 Å². The van der Waals surface area contributed by atoms with Crippen LogP contribution in [0.3, 0.4) is 0 Å². The monoisotopic (exact) mass is 309 g/mol. The van der Waals surface area contributed by atoms with Crippen LogP contribution < -0.4 is 20.2 Å². The van der Waals surface area contributed by atoms with Gasteiger partial charge in [0.1, 0.15) is 11.5 Å². The predicted molar refractivity (Wildman–Crippen MR) is 90.4 cm³/mol. The second-order valence-electron chi connectivity index (χ2n) is 4.44. The highest BCUT2D eigenvalue weighted by atomic mass is 32.1. The summed E-state index contributed by atoms with van der Waals surface area (Å²) in [7, 11) is 3.23. The normalized spacial score (nSPS) is 10.4. The summed E-state index contributed by atoms with van der Waals surface area (Å²) in [4.78, 5) is 0. The van der Waals surface area contributed by atoms with Gasteiger partial charge in [0, 0.05) is 18.2 Å². The summed E-state index contributed by atoms with van der Waals surface area (Å²) in [6, 6.07) is 5.54. The van der Waals surface area contributed by atoms with Crippen LogP contribution in [-0.2, 0) is 0 Å². The maximum atomic E-state index is 5.29. The highest BCUT2D eigenvalue weighted by Crippen LogP contribution is 2.22. The van der Waals surface area contributed by atoms with Gasteiger partial charge in [0.15, 0.2) is 5.11 Å². The van der Waals surface area contributed by atoms with Crippen LogP contribution in [0.4, 0.5) is 0 Å². The Morgan fingerprint density at radius 2 is 2.10 bits per heavy atom. The van der Waals surface area contributed by atoms with Crippen molar-refractivity contribution in [2.75, 3.05) is 20.8 Å². The van der Waals surface area contributed by atoms with Crippen molar-refractivity contribution in [2.24, 2.45) is 5.10 Å². The Morgan fingerprint density at radius 3 is 2.76 bits per heavy atom. The molecule has 1 rings (SSSR count). The third-order valence-corrected chi connectivity index (χ3v) is 3.11. The van der Waals surface area contributed by atoms with Gasteiger partial charge in [0.05, 0.1) is 20.4 Å². The van der Waals surface area contributed by atoms with E-state index in [-0.39, 0.29) is 0 Å². The first kappa shape index (κ1) is 17.2. The van der Waals surface area contributed by atoms with Crippen LogP contribution in [0.25, 0.3) is 0 Å².